The quantitative estimate of drug-likeness (QED) is 0.671. The van der Waals surface area contributed by atoms with Gasteiger partial charge in [-0.15, -0.1) is 5.10 Å². The van der Waals surface area contributed by atoms with Crippen LogP contribution in [0.3, 0.4) is 0 Å². The van der Waals surface area contributed by atoms with Crippen LogP contribution in [0.25, 0.3) is 0 Å². The molecule has 148 valence electrons. The molecule has 3 aromatic rings. The molecular formula is C22H22FN5O. The number of hydrogen-bond acceptors (Lipinski definition) is 4. The van der Waals surface area contributed by atoms with E-state index in [1.807, 2.05) is 17.0 Å². The fourth-order valence-electron chi connectivity index (χ4n) is 4.26. The van der Waals surface area contributed by atoms with Crippen LogP contribution in [0.1, 0.15) is 28.0 Å². The second-order valence-electron chi connectivity index (χ2n) is 7.97. The Bertz CT molecular complexity index is 1030. The Morgan fingerprint density at radius 2 is 1.83 bits per heavy atom. The Morgan fingerprint density at radius 3 is 2.55 bits per heavy atom. The van der Waals surface area contributed by atoms with E-state index in [0.29, 0.717) is 12.2 Å². The molecule has 1 amide bonds. The Hall–Kier alpha value is -3.06. The molecule has 1 spiro atoms. The van der Waals surface area contributed by atoms with Gasteiger partial charge in [-0.2, -0.15) is 0 Å². The van der Waals surface area contributed by atoms with Crippen LogP contribution in [0.15, 0.2) is 60.8 Å². The van der Waals surface area contributed by atoms with Crippen molar-refractivity contribution in [1.29, 1.82) is 0 Å². The van der Waals surface area contributed by atoms with Crippen LogP contribution in [0, 0.1) is 5.82 Å². The molecule has 6 nitrogen and oxygen atoms in total. The van der Waals surface area contributed by atoms with E-state index < -0.39 is 0 Å². The number of nitrogens with zero attached hydrogens (tertiary/aromatic N) is 5. The maximum absolute atomic E-state index is 13.3. The molecule has 1 aromatic heterocycles. The van der Waals surface area contributed by atoms with E-state index in [0.717, 1.165) is 38.2 Å². The fourth-order valence-corrected chi connectivity index (χ4v) is 4.26. The highest BCUT2D eigenvalue weighted by Crippen LogP contribution is 2.40. The van der Waals surface area contributed by atoms with Gasteiger partial charge in [0.05, 0.1) is 18.3 Å². The average molecular weight is 391 g/mol. The van der Waals surface area contributed by atoms with Crippen molar-refractivity contribution in [3.8, 4) is 0 Å². The SMILES string of the molecule is O=C(c1cn(Cc2cccc(F)c2)nn1)N1CC2(CCN2Cc2ccccc2)C1. The van der Waals surface area contributed by atoms with Gasteiger partial charge >= 0.3 is 0 Å². The summed E-state index contributed by atoms with van der Waals surface area (Å²) in [7, 11) is 0. The first-order chi connectivity index (χ1) is 14.1. The normalized spacial score (nSPS) is 17.8. The minimum absolute atomic E-state index is 0.0901. The van der Waals surface area contributed by atoms with Gasteiger partial charge in [0.1, 0.15) is 5.82 Å². The van der Waals surface area contributed by atoms with Crippen molar-refractivity contribution < 1.29 is 9.18 Å². The Balaban J connectivity index is 1.19. The highest BCUT2D eigenvalue weighted by Gasteiger charge is 2.54. The summed E-state index contributed by atoms with van der Waals surface area (Å²) in [5.74, 6) is -0.377. The molecule has 0 unspecified atom stereocenters. The van der Waals surface area contributed by atoms with Gasteiger partial charge in [-0.25, -0.2) is 9.07 Å². The van der Waals surface area contributed by atoms with Crippen molar-refractivity contribution in [2.75, 3.05) is 19.6 Å². The van der Waals surface area contributed by atoms with Gasteiger partial charge in [0.25, 0.3) is 5.91 Å². The summed E-state index contributed by atoms with van der Waals surface area (Å²) >= 11 is 0. The number of aromatic nitrogens is 3. The van der Waals surface area contributed by atoms with E-state index in [1.54, 1.807) is 16.9 Å². The number of carbonyl (C=O) groups is 1. The Labute approximate surface area is 168 Å². The zero-order valence-corrected chi connectivity index (χ0v) is 16.0. The number of rotatable bonds is 5. The lowest BCUT2D eigenvalue weighted by atomic mass is 9.77. The molecule has 0 saturated carbocycles. The molecule has 29 heavy (non-hydrogen) atoms. The number of hydrogen-bond donors (Lipinski definition) is 0. The van der Waals surface area contributed by atoms with Gasteiger partial charge in [0.2, 0.25) is 0 Å². The summed E-state index contributed by atoms with van der Waals surface area (Å²) in [6.07, 6.45) is 2.76. The minimum Gasteiger partial charge on any atom is -0.333 e. The largest absolute Gasteiger partial charge is 0.333 e. The first-order valence-electron chi connectivity index (χ1n) is 9.84. The third kappa shape index (κ3) is 3.42. The summed E-state index contributed by atoms with van der Waals surface area (Å²) in [5.41, 5.74) is 2.54. The van der Waals surface area contributed by atoms with E-state index in [4.69, 9.17) is 0 Å². The van der Waals surface area contributed by atoms with Crippen LogP contribution in [0.5, 0.6) is 0 Å². The molecule has 0 N–H and O–H groups in total. The molecule has 0 aliphatic carbocycles. The van der Waals surface area contributed by atoms with Crippen LogP contribution >= 0.6 is 0 Å². The standard InChI is InChI=1S/C22H22FN5O/c23-19-8-4-7-18(11-19)13-28-14-20(24-25-28)21(29)26-15-22(16-26)9-10-27(22)12-17-5-2-1-3-6-17/h1-8,11,14H,9-10,12-13,15-16H2. The Kier molecular flexibility index (Phi) is 4.39. The van der Waals surface area contributed by atoms with Crippen LogP contribution in [-0.2, 0) is 13.1 Å². The predicted octanol–water partition coefficient (Wildman–Crippen LogP) is 2.57. The topological polar surface area (TPSA) is 54.3 Å². The van der Waals surface area contributed by atoms with Crippen molar-refractivity contribution in [2.24, 2.45) is 0 Å². The fraction of sp³-hybridized carbons (Fsp3) is 0.318. The lowest BCUT2D eigenvalue weighted by Crippen LogP contribution is -2.77. The molecule has 2 fully saturated rings. The first kappa shape index (κ1) is 18.0. The summed E-state index contributed by atoms with van der Waals surface area (Å²) in [4.78, 5) is 17.1. The summed E-state index contributed by atoms with van der Waals surface area (Å²) in [6.45, 7) is 3.84. The third-order valence-corrected chi connectivity index (χ3v) is 5.98. The molecule has 2 aliphatic heterocycles. The van der Waals surface area contributed by atoms with Crippen molar-refractivity contribution >= 4 is 5.91 Å². The van der Waals surface area contributed by atoms with Crippen LogP contribution in [0.2, 0.25) is 0 Å². The second kappa shape index (κ2) is 7.08. The Morgan fingerprint density at radius 1 is 1.03 bits per heavy atom. The number of amides is 1. The molecule has 0 atom stereocenters. The second-order valence-corrected chi connectivity index (χ2v) is 7.97. The van der Waals surface area contributed by atoms with Crippen molar-refractivity contribution in [2.45, 2.75) is 25.0 Å². The van der Waals surface area contributed by atoms with Crippen LogP contribution < -0.4 is 0 Å². The zero-order valence-electron chi connectivity index (χ0n) is 16.0. The van der Waals surface area contributed by atoms with Gasteiger partial charge in [0.15, 0.2) is 5.69 Å². The number of likely N-dealkylation sites (tertiary alicyclic amines) is 2. The highest BCUT2D eigenvalue weighted by molar-refractivity contribution is 5.92. The summed E-state index contributed by atoms with van der Waals surface area (Å²) < 4.78 is 14.9. The molecule has 2 aromatic carbocycles. The highest BCUT2D eigenvalue weighted by atomic mass is 19.1. The average Bonchev–Trinajstić information content (AvgIpc) is 3.13. The van der Waals surface area contributed by atoms with Crippen molar-refractivity contribution in [3.05, 3.63) is 83.4 Å². The van der Waals surface area contributed by atoms with E-state index in [9.17, 15) is 9.18 Å². The first-order valence-corrected chi connectivity index (χ1v) is 9.84. The molecule has 3 heterocycles. The zero-order chi connectivity index (χ0) is 19.8. The summed E-state index contributed by atoms with van der Waals surface area (Å²) in [6, 6.07) is 16.8. The summed E-state index contributed by atoms with van der Waals surface area (Å²) in [5, 5.41) is 8.06. The van der Waals surface area contributed by atoms with Crippen LogP contribution in [0.4, 0.5) is 4.39 Å². The van der Waals surface area contributed by atoms with E-state index in [1.165, 1.54) is 17.7 Å². The smallest absolute Gasteiger partial charge is 0.276 e. The predicted molar refractivity (Wildman–Crippen MR) is 106 cm³/mol. The molecule has 2 saturated heterocycles. The lowest BCUT2D eigenvalue weighted by molar-refractivity contribution is -0.112. The van der Waals surface area contributed by atoms with E-state index in [-0.39, 0.29) is 17.3 Å². The number of halogens is 1. The molecule has 7 heteroatoms. The third-order valence-electron chi connectivity index (χ3n) is 5.98. The lowest BCUT2D eigenvalue weighted by Gasteiger charge is -2.62. The van der Waals surface area contributed by atoms with Gasteiger partial charge in [0, 0.05) is 26.2 Å². The van der Waals surface area contributed by atoms with Crippen molar-refractivity contribution in [1.82, 2.24) is 24.8 Å². The van der Waals surface area contributed by atoms with Gasteiger partial charge in [-0.05, 0) is 29.7 Å². The van der Waals surface area contributed by atoms with Crippen molar-refractivity contribution in [3.63, 3.8) is 0 Å². The van der Waals surface area contributed by atoms with E-state index in [2.05, 4.69) is 39.5 Å². The van der Waals surface area contributed by atoms with Gasteiger partial charge in [-0.3, -0.25) is 9.69 Å². The minimum atomic E-state index is -0.287. The van der Waals surface area contributed by atoms with Gasteiger partial charge in [-0.1, -0.05) is 47.7 Å². The number of benzene rings is 2. The molecular weight excluding hydrogens is 369 g/mol. The van der Waals surface area contributed by atoms with Gasteiger partial charge < -0.3 is 4.90 Å². The van der Waals surface area contributed by atoms with Crippen LogP contribution in [-0.4, -0.2) is 55.9 Å². The molecule has 0 bridgehead atoms. The molecule has 0 radical (unpaired) electrons. The monoisotopic (exact) mass is 391 g/mol. The maximum Gasteiger partial charge on any atom is 0.276 e. The maximum atomic E-state index is 13.3. The number of carbonyl (C=O) groups excluding carboxylic acids is 1. The molecule has 2 aliphatic rings. The molecule has 5 rings (SSSR count). The van der Waals surface area contributed by atoms with E-state index >= 15 is 0 Å².